The van der Waals surface area contributed by atoms with Crippen molar-refractivity contribution >= 4 is 46.5 Å². The summed E-state index contributed by atoms with van der Waals surface area (Å²) in [6.07, 6.45) is 1.63. The van der Waals surface area contributed by atoms with Crippen LogP contribution >= 0.6 is 11.8 Å². The third-order valence-corrected chi connectivity index (χ3v) is 4.54. The van der Waals surface area contributed by atoms with Crippen molar-refractivity contribution < 1.29 is 34.4 Å². The highest BCUT2D eigenvalue weighted by Gasteiger charge is 2.24. The van der Waals surface area contributed by atoms with E-state index in [4.69, 9.17) is 14.9 Å². The Kier molecular flexibility index (Phi) is 5.84. The van der Waals surface area contributed by atoms with Gasteiger partial charge in [0.05, 0.1) is 10.6 Å². The first kappa shape index (κ1) is 20.0. The van der Waals surface area contributed by atoms with Crippen LogP contribution in [-0.2, 0) is 9.59 Å². The molecule has 148 valence electrons. The number of hydrogen-bond acceptors (Lipinski definition) is 7. The average Bonchev–Trinajstić information content (AvgIpc) is 2.99. The summed E-state index contributed by atoms with van der Waals surface area (Å²) in [7, 11) is 0. The molecule has 0 aliphatic carbocycles. The molecule has 0 unspecified atom stereocenters. The minimum atomic E-state index is -1.25. The Morgan fingerprint density at radius 3 is 2.48 bits per heavy atom. The molecule has 3 rings (SSSR count). The van der Waals surface area contributed by atoms with Crippen molar-refractivity contribution in [1.82, 2.24) is 5.32 Å². The third kappa shape index (κ3) is 5.14. The van der Waals surface area contributed by atoms with Crippen molar-refractivity contribution in [3.8, 4) is 11.5 Å². The maximum absolute atomic E-state index is 12.1. The summed E-state index contributed by atoms with van der Waals surface area (Å²) in [4.78, 5) is 38.1. The number of nitrogens with one attached hydrogen (secondary N) is 1. The molecule has 0 saturated carbocycles. The molecule has 0 atom stereocenters. The summed E-state index contributed by atoms with van der Waals surface area (Å²) >= 11 is 1.09. The number of carboxylic acid groups (broad SMARTS) is 2. The number of carbonyl (C=O) groups is 3. The number of rotatable bonds is 6. The number of benzene rings is 2. The highest BCUT2D eigenvalue weighted by molar-refractivity contribution is 8.18. The molecule has 0 bridgehead atoms. The van der Waals surface area contributed by atoms with E-state index in [2.05, 4.69) is 10.3 Å². The van der Waals surface area contributed by atoms with E-state index in [1.54, 1.807) is 30.3 Å². The molecule has 1 aliphatic rings. The van der Waals surface area contributed by atoms with Crippen LogP contribution in [0.15, 0.2) is 52.4 Å². The lowest BCUT2D eigenvalue weighted by atomic mass is 10.2. The summed E-state index contributed by atoms with van der Waals surface area (Å²) < 4.78 is 5.05. The number of amidine groups is 1. The number of aliphatic carboxylic acids is 1. The van der Waals surface area contributed by atoms with Gasteiger partial charge in [-0.3, -0.25) is 4.79 Å². The molecular weight excluding hydrogens is 400 g/mol. The molecule has 0 spiro atoms. The van der Waals surface area contributed by atoms with Crippen molar-refractivity contribution in [2.24, 2.45) is 4.99 Å². The van der Waals surface area contributed by atoms with Crippen LogP contribution in [-0.4, -0.2) is 44.9 Å². The smallest absolute Gasteiger partial charge is 0.341 e. The fourth-order valence-electron chi connectivity index (χ4n) is 2.32. The zero-order chi connectivity index (χ0) is 21.0. The van der Waals surface area contributed by atoms with Gasteiger partial charge >= 0.3 is 11.9 Å². The van der Waals surface area contributed by atoms with Crippen LogP contribution in [0.25, 0.3) is 6.08 Å². The second-order valence-corrected chi connectivity index (χ2v) is 6.77. The van der Waals surface area contributed by atoms with E-state index in [1.807, 2.05) is 0 Å². The lowest BCUT2D eigenvalue weighted by Gasteiger charge is -2.03. The molecule has 1 aliphatic heterocycles. The molecular formula is C19H14N2O7S. The molecule has 1 heterocycles. The number of aliphatic imine (C=N–C) groups is 1. The van der Waals surface area contributed by atoms with Crippen molar-refractivity contribution in [3.05, 3.63) is 58.5 Å². The fraction of sp³-hybridized carbons (Fsp3) is 0.0526. The number of aromatic carboxylic acids is 1. The first-order valence-corrected chi connectivity index (χ1v) is 8.94. The van der Waals surface area contributed by atoms with Gasteiger partial charge in [0.1, 0.15) is 17.1 Å². The van der Waals surface area contributed by atoms with Crippen molar-refractivity contribution in [1.29, 1.82) is 0 Å². The molecule has 0 aromatic heterocycles. The predicted molar refractivity (Wildman–Crippen MR) is 105 cm³/mol. The lowest BCUT2D eigenvalue weighted by Crippen LogP contribution is -2.19. The summed E-state index contributed by atoms with van der Waals surface area (Å²) in [5, 5.41) is 30.1. The number of thioether (sulfide) groups is 1. The van der Waals surface area contributed by atoms with Crippen LogP contribution in [0.3, 0.4) is 0 Å². The number of amides is 1. The molecule has 1 saturated heterocycles. The largest absolute Gasteiger partial charge is 0.507 e. The molecule has 29 heavy (non-hydrogen) atoms. The highest BCUT2D eigenvalue weighted by atomic mass is 32.2. The van der Waals surface area contributed by atoms with Crippen molar-refractivity contribution in [2.75, 3.05) is 6.61 Å². The minimum Gasteiger partial charge on any atom is -0.507 e. The molecule has 2 aromatic rings. The van der Waals surface area contributed by atoms with Crippen LogP contribution in [0, 0.1) is 0 Å². The monoisotopic (exact) mass is 414 g/mol. The number of carboxylic acids is 2. The first-order chi connectivity index (χ1) is 13.8. The molecule has 2 aromatic carbocycles. The lowest BCUT2D eigenvalue weighted by molar-refractivity contribution is -0.139. The molecule has 10 heteroatoms. The summed E-state index contributed by atoms with van der Waals surface area (Å²) in [5.74, 6) is -2.71. The van der Waals surface area contributed by atoms with E-state index in [0.29, 0.717) is 16.2 Å². The second-order valence-electron chi connectivity index (χ2n) is 5.74. The van der Waals surface area contributed by atoms with Gasteiger partial charge in [-0.2, -0.15) is 0 Å². The standard InChI is InChI=1S/C19H14N2O7S/c22-14-8-11(3-6-13(14)18(26)27)20-19-21-17(25)15(29-19)7-10-1-4-12(5-2-10)28-9-16(23)24/h1-8,22H,9H2,(H,23,24)(H,26,27)(H,20,21,25)/b15-7-. The van der Waals surface area contributed by atoms with Crippen LogP contribution < -0.4 is 10.1 Å². The maximum Gasteiger partial charge on any atom is 0.341 e. The number of phenols is 1. The molecule has 1 fully saturated rings. The van der Waals surface area contributed by atoms with E-state index in [0.717, 1.165) is 11.8 Å². The Hall–Kier alpha value is -3.79. The van der Waals surface area contributed by atoms with E-state index in [-0.39, 0.29) is 22.3 Å². The van der Waals surface area contributed by atoms with E-state index in [9.17, 15) is 19.5 Å². The Bertz CT molecular complexity index is 1050. The van der Waals surface area contributed by atoms with Gasteiger partial charge in [-0.25, -0.2) is 14.6 Å². The number of ether oxygens (including phenoxy) is 1. The Morgan fingerprint density at radius 1 is 1.14 bits per heavy atom. The van der Waals surface area contributed by atoms with E-state index < -0.39 is 24.3 Å². The summed E-state index contributed by atoms with van der Waals surface area (Å²) in [5.41, 5.74) is 0.750. The maximum atomic E-state index is 12.1. The van der Waals surface area contributed by atoms with Gasteiger partial charge in [-0.15, -0.1) is 0 Å². The van der Waals surface area contributed by atoms with E-state index >= 15 is 0 Å². The van der Waals surface area contributed by atoms with Crippen molar-refractivity contribution in [3.63, 3.8) is 0 Å². The number of aromatic hydroxyl groups is 1. The minimum absolute atomic E-state index is 0.242. The fourth-order valence-corrected chi connectivity index (χ4v) is 3.17. The molecule has 9 nitrogen and oxygen atoms in total. The SMILES string of the molecule is O=C(O)COc1ccc(/C=C2\SC(=Nc3ccc(C(=O)O)c(O)c3)NC2=O)cc1. The van der Waals surface area contributed by atoms with E-state index in [1.165, 1.54) is 18.2 Å². The number of carbonyl (C=O) groups excluding carboxylic acids is 1. The zero-order valence-corrected chi connectivity index (χ0v) is 15.5. The Morgan fingerprint density at radius 2 is 1.86 bits per heavy atom. The number of hydrogen-bond donors (Lipinski definition) is 4. The average molecular weight is 414 g/mol. The molecule has 1 amide bonds. The van der Waals surface area contributed by atoms with Gasteiger partial charge in [-0.05, 0) is 47.7 Å². The van der Waals surface area contributed by atoms with Gasteiger partial charge in [0.15, 0.2) is 11.8 Å². The Labute approximate surface area is 168 Å². The molecule has 0 radical (unpaired) electrons. The highest BCUT2D eigenvalue weighted by Crippen LogP contribution is 2.30. The summed E-state index contributed by atoms with van der Waals surface area (Å²) in [6.45, 7) is -0.443. The normalized spacial score (nSPS) is 16.1. The van der Waals surface area contributed by atoms with Crippen LogP contribution in [0.4, 0.5) is 5.69 Å². The second kappa shape index (κ2) is 8.48. The number of nitrogens with zero attached hydrogens (tertiary/aromatic N) is 1. The predicted octanol–water partition coefficient (Wildman–Crippen LogP) is 2.45. The van der Waals surface area contributed by atoms with Gasteiger partial charge in [-0.1, -0.05) is 12.1 Å². The van der Waals surface area contributed by atoms with Crippen LogP contribution in [0.5, 0.6) is 11.5 Å². The Balaban J connectivity index is 1.72. The van der Waals surface area contributed by atoms with Gasteiger partial charge in [0, 0.05) is 6.07 Å². The zero-order valence-electron chi connectivity index (χ0n) is 14.7. The van der Waals surface area contributed by atoms with Crippen LogP contribution in [0.2, 0.25) is 0 Å². The molecule has 4 N–H and O–H groups in total. The van der Waals surface area contributed by atoms with Gasteiger partial charge in [0.25, 0.3) is 5.91 Å². The van der Waals surface area contributed by atoms with Crippen LogP contribution in [0.1, 0.15) is 15.9 Å². The topological polar surface area (TPSA) is 146 Å². The third-order valence-electron chi connectivity index (χ3n) is 3.63. The van der Waals surface area contributed by atoms with Gasteiger partial charge in [0.2, 0.25) is 0 Å². The quantitative estimate of drug-likeness (QED) is 0.527. The first-order valence-electron chi connectivity index (χ1n) is 8.12. The van der Waals surface area contributed by atoms with Crippen molar-refractivity contribution in [2.45, 2.75) is 0 Å². The summed E-state index contributed by atoms with van der Waals surface area (Å²) in [6, 6.07) is 10.4. The van der Waals surface area contributed by atoms with Gasteiger partial charge < -0.3 is 25.4 Å².